The van der Waals surface area contributed by atoms with E-state index in [-0.39, 0.29) is 22.7 Å². The molecule has 0 heterocycles. The fourth-order valence-electron chi connectivity index (χ4n) is 3.51. The van der Waals surface area contributed by atoms with Crippen molar-refractivity contribution >= 4 is 68.8 Å². The molecule has 0 spiro atoms. The third kappa shape index (κ3) is 8.03. The molecule has 0 unspecified atom stereocenters. The first-order valence-electron chi connectivity index (χ1n) is 12.2. The van der Waals surface area contributed by atoms with E-state index in [0.717, 1.165) is 4.47 Å². The van der Waals surface area contributed by atoms with Gasteiger partial charge in [-0.2, -0.15) is 5.10 Å². The third-order valence-corrected chi connectivity index (χ3v) is 6.36. The Hall–Kier alpha value is -5.00. The number of anilines is 2. The first-order valence-corrected chi connectivity index (χ1v) is 13.4. The number of carbonyl (C=O) groups excluding carboxylic acids is 4. The number of nitrogens with one attached hydrogen (secondary N) is 3. The highest BCUT2D eigenvalue weighted by atomic mass is 79.9. The van der Waals surface area contributed by atoms with Crippen LogP contribution < -0.4 is 25.5 Å². The summed E-state index contributed by atoms with van der Waals surface area (Å²) in [5.74, 6) is -2.75. The zero-order chi connectivity index (χ0) is 30.1. The molecule has 10 nitrogen and oxygen atoms in total. The van der Waals surface area contributed by atoms with Crippen LogP contribution in [0.25, 0.3) is 0 Å². The van der Waals surface area contributed by atoms with Crippen LogP contribution in [-0.4, -0.2) is 37.0 Å². The monoisotopic (exact) mass is 648 g/mol. The molecule has 212 valence electrons. The second kappa shape index (κ2) is 14.1. The molecule has 0 bridgehead atoms. The van der Waals surface area contributed by atoms with E-state index in [4.69, 9.17) is 21.1 Å². The predicted molar refractivity (Wildman–Crippen MR) is 162 cm³/mol. The minimum Gasteiger partial charge on any atom is -0.493 e. The van der Waals surface area contributed by atoms with Crippen molar-refractivity contribution in [3.05, 3.63) is 117 Å². The molecule has 12 heteroatoms. The maximum absolute atomic E-state index is 12.8. The van der Waals surface area contributed by atoms with E-state index in [1.165, 1.54) is 49.7 Å². The number of amides is 3. The molecular weight excluding hydrogens is 628 g/mol. The number of hydrogen-bond donors (Lipinski definition) is 3. The van der Waals surface area contributed by atoms with Crippen LogP contribution in [0.3, 0.4) is 0 Å². The molecule has 0 aliphatic carbocycles. The molecule has 4 rings (SSSR count). The van der Waals surface area contributed by atoms with E-state index in [9.17, 15) is 19.2 Å². The van der Waals surface area contributed by atoms with Gasteiger partial charge < -0.3 is 20.1 Å². The lowest BCUT2D eigenvalue weighted by Crippen LogP contribution is -2.33. The average Bonchev–Trinajstić information content (AvgIpc) is 2.99. The van der Waals surface area contributed by atoms with Gasteiger partial charge in [0.15, 0.2) is 11.5 Å². The summed E-state index contributed by atoms with van der Waals surface area (Å²) in [6.07, 6.45) is 1.28. The summed E-state index contributed by atoms with van der Waals surface area (Å²) < 4.78 is 11.6. The van der Waals surface area contributed by atoms with Gasteiger partial charge in [0.2, 0.25) is 0 Å². The topological polar surface area (TPSA) is 135 Å². The number of hydrogen-bond acceptors (Lipinski definition) is 7. The average molecular weight is 650 g/mol. The van der Waals surface area contributed by atoms with Gasteiger partial charge in [0.25, 0.3) is 5.91 Å². The summed E-state index contributed by atoms with van der Waals surface area (Å²) in [5.41, 5.74) is 3.78. The molecule has 0 aliphatic rings. The Kier molecular flexibility index (Phi) is 10.0. The molecule has 0 saturated heterocycles. The van der Waals surface area contributed by atoms with Crippen LogP contribution >= 0.6 is 27.5 Å². The molecule has 4 aromatic rings. The number of para-hydroxylation sites is 1. The van der Waals surface area contributed by atoms with E-state index in [0.29, 0.717) is 21.8 Å². The van der Waals surface area contributed by atoms with Gasteiger partial charge in [0.1, 0.15) is 0 Å². The third-order valence-electron chi connectivity index (χ3n) is 5.58. The highest BCUT2D eigenvalue weighted by Crippen LogP contribution is 2.28. The van der Waals surface area contributed by atoms with Crippen LogP contribution in [-0.2, 0) is 9.59 Å². The highest BCUT2D eigenvalue weighted by Gasteiger charge is 2.18. The zero-order valence-corrected chi connectivity index (χ0v) is 24.2. The van der Waals surface area contributed by atoms with Gasteiger partial charge >= 0.3 is 17.8 Å². The van der Waals surface area contributed by atoms with E-state index in [1.807, 2.05) is 0 Å². The number of nitrogens with zero attached hydrogens (tertiary/aromatic N) is 1. The van der Waals surface area contributed by atoms with Crippen molar-refractivity contribution in [3.8, 4) is 11.5 Å². The van der Waals surface area contributed by atoms with Crippen molar-refractivity contribution in [2.45, 2.75) is 0 Å². The Balaban J connectivity index is 1.35. The normalized spacial score (nSPS) is 10.5. The van der Waals surface area contributed by atoms with Gasteiger partial charge in [0.05, 0.1) is 30.1 Å². The maximum Gasteiger partial charge on any atom is 0.343 e. The Labute approximate surface area is 253 Å². The summed E-state index contributed by atoms with van der Waals surface area (Å²) in [6, 6.07) is 24.1. The van der Waals surface area contributed by atoms with Gasteiger partial charge in [-0.15, -0.1) is 0 Å². The lowest BCUT2D eigenvalue weighted by Gasteiger charge is -2.11. The van der Waals surface area contributed by atoms with Crippen molar-refractivity contribution in [3.63, 3.8) is 0 Å². The van der Waals surface area contributed by atoms with Crippen molar-refractivity contribution in [2.75, 3.05) is 17.7 Å². The van der Waals surface area contributed by atoms with Crippen LogP contribution in [0.1, 0.15) is 26.3 Å². The van der Waals surface area contributed by atoms with Crippen molar-refractivity contribution in [2.24, 2.45) is 5.10 Å². The van der Waals surface area contributed by atoms with Crippen molar-refractivity contribution in [1.82, 2.24) is 5.43 Å². The quantitative estimate of drug-likeness (QED) is 0.0740. The van der Waals surface area contributed by atoms with Crippen molar-refractivity contribution in [1.29, 1.82) is 0 Å². The number of ether oxygens (including phenoxy) is 2. The summed E-state index contributed by atoms with van der Waals surface area (Å²) in [7, 11) is 1.40. The summed E-state index contributed by atoms with van der Waals surface area (Å²) in [6.45, 7) is 0. The molecule has 0 atom stereocenters. The SMILES string of the molecule is COc1cc(/C=N\NC(=O)C(=O)Nc2ccccc2C(=O)Nc2ccc(Br)cc2)ccc1OC(=O)c1ccc(Cl)cc1. The van der Waals surface area contributed by atoms with Crippen LogP contribution in [0.4, 0.5) is 11.4 Å². The number of halogens is 2. The Morgan fingerprint density at radius 3 is 2.26 bits per heavy atom. The Morgan fingerprint density at radius 2 is 1.55 bits per heavy atom. The van der Waals surface area contributed by atoms with Gasteiger partial charge in [-0.05, 0) is 84.4 Å². The highest BCUT2D eigenvalue weighted by molar-refractivity contribution is 9.10. The summed E-state index contributed by atoms with van der Waals surface area (Å²) in [4.78, 5) is 50.1. The number of carbonyl (C=O) groups is 4. The number of esters is 1. The Bertz CT molecular complexity index is 1660. The molecule has 3 amide bonds. The molecule has 0 radical (unpaired) electrons. The number of rotatable bonds is 8. The first-order chi connectivity index (χ1) is 20.2. The standard InChI is InChI=1S/C30H22BrClN4O6/c1-41-26-16-18(6-15-25(26)42-30(40)19-7-11-21(32)12-8-19)17-33-36-29(39)28(38)35-24-5-3-2-4-23(24)27(37)34-22-13-9-20(31)10-14-22/h2-17H,1H3,(H,34,37)(H,35,38)(H,36,39)/b33-17-. The molecular formula is C30H22BrClN4O6. The second-order valence-corrected chi connectivity index (χ2v) is 9.82. The fraction of sp³-hybridized carbons (Fsp3) is 0.0333. The smallest absolute Gasteiger partial charge is 0.343 e. The summed E-state index contributed by atoms with van der Waals surface area (Å²) in [5, 5.41) is 9.45. The molecule has 4 aromatic carbocycles. The fourth-order valence-corrected chi connectivity index (χ4v) is 3.90. The van der Waals surface area contributed by atoms with Crippen LogP contribution in [0.5, 0.6) is 11.5 Å². The van der Waals surface area contributed by atoms with Crippen LogP contribution in [0.15, 0.2) is 101 Å². The van der Waals surface area contributed by atoms with Gasteiger partial charge in [-0.1, -0.05) is 39.7 Å². The van der Waals surface area contributed by atoms with Gasteiger partial charge in [-0.3, -0.25) is 14.4 Å². The minimum atomic E-state index is -1.06. The molecule has 3 N–H and O–H groups in total. The van der Waals surface area contributed by atoms with E-state index in [2.05, 4.69) is 37.1 Å². The number of hydrazone groups is 1. The maximum atomic E-state index is 12.8. The number of benzene rings is 4. The van der Waals surface area contributed by atoms with Gasteiger partial charge in [-0.25, -0.2) is 10.2 Å². The zero-order valence-electron chi connectivity index (χ0n) is 21.9. The van der Waals surface area contributed by atoms with E-state index < -0.39 is 23.7 Å². The minimum absolute atomic E-state index is 0.143. The second-order valence-electron chi connectivity index (χ2n) is 8.47. The largest absolute Gasteiger partial charge is 0.493 e. The molecule has 0 aromatic heterocycles. The number of methoxy groups -OCH3 is 1. The van der Waals surface area contributed by atoms with E-state index >= 15 is 0 Å². The lowest BCUT2D eigenvalue weighted by molar-refractivity contribution is -0.136. The molecule has 0 aliphatic heterocycles. The molecule has 0 saturated carbocycles. The van der Waals surface area contributed by atoms with Crippen LogP contribution in [0, 0.1) is 0 Å². The van der Waals surface area contributed by atoms with Crippen molar-refractivity contribution < 1.29 is 28.7 Å². The summed E-state index contributed by atoms with van der Waals surface area (Å²) >= 11 is 9.19. The Morgan fingerprint density at radius 1 is 0.833 bits per heavy atom. The molecule has 0 fully saturated rings. The first kappa shape index (κ1) is 30.0. The van der Waals surface area contributed by atoms with E-state index in [1.54, 1.807) is 54.6 Å². The molecule has 42 heavy (non-hydrogen) atoms. The van der Waals surface area contributed by atoms with Crippen LogP contribution in [0.2, 0.25) is 5.02 Å². The predicted octanol–water partition coefficient (Wildman–Crippen LogP) is 5.67. The lowest BCUT2D eigenvalue weighted by atomic mass is 10.1. The van der Waals surface area contributed by atoms with Gasteiger partial charge in [0, 0.05) is 15.2 Å².